The second kappa shape index (κ2) is 4.74. The SMILES string of the molecule is Clc1cccc(N2N=NC[C@@H]2c2ccncc2)c1. The average molecular weight is 259 g/mol. The Hall–Kier alpha value is -1.94. The van der Waals surface area contributed by atoms with Crippen LogP contribution in [0, 0.1) is 0 Å². The lowest BCUT2D eigenvalue weighted by atomic mass is 10.1. The minimum Gasteiger partial charge on any atom is -0.265 e. The van der Waals surface area contributed by atoms with Crippen LogP contribution in [0.15, 0.2) is 59.1 Å². The van der Waals surface area contributed by atoms with Crippen LogP contribution in [0.5, 0.6) is 0 Å². The first-order valence-electron chi connectivity index (χ1n) is 5.67. The number of nitrogens with zero attached hydrogens (tertiary/aromatic N) is 4. The lowest BCUT2D eigenvalue weighted by Crippen LogP contribution is -2.20. The summed E-state index contributed by atoms with van der Waals surface area (Å²) >= 11 is 6.01. The van der Waals surface area contributed by atoms with E-state index in [-0.39, 0.29) is 6.04 Å². The van der Waals surface area contributed by atoms with Crippen LogP contribution in [0.1, 0.15) is 11.6 Å². The molecule has 0 saturated heterocycles. The van der Waals surface area contributed by atoms with Crippen LogP contribution < -0.4 is 5.01 Å². The van der Waals surface area contributed by atoms with Crippen LogP contribution >= 0.6 is 11.6 Å². The van der Waals surface area contributed by atoms with Gasteiger partial charge in [0, 0.05) is 17.4 Å². The summed E-state index contributed by atoms with van der Waals surface area (Å²) in [6.45, 7) is 0.649. The van der Waals surface area contributed by atoms with Crippen molar-refractivity contribution in [3.8, 4) is 0 Å². The van der Waals surface area contributed by atoms with E-state index in [0.29, 0.717) is 11.6 Å². The number of halogens is 1. The summed E-state index contributed by atoms with van der Waals surface area (Å²) in [5.41, 5.74) is 2.10. The van der Waals surface area contributed by atoms with Gasteiger partial charge >= 0.3 is 0 Å². The van der Waals surface area contributed by atoms with Gasteiger partial charge in [-0.1, -0.05) is 22.9 Å². The van der Waals surface area contributed by atoms with E-state index in [1.54, 1.807) is 12.4 Å². The van der Waals surface area contributed by atoms with Crippen molar-refractivity contribution in [2.75, 3.05) is 11.6 Å². The van der Waals surface area contributed by atoms with Crippen molar-refractivity contribution in [3.63, 3.8) is 0 Å². The molecule has 0 aliphatic carbocycles. The Kier molecular flexibility index (Phi) is 2.94. The van der Waals surface area contributed by atoms with E-state index in [1.165, 1.54) is 0 Å². The summed E-state index contributed by atoms with van der Waals surface area (Å²) in [4.78, 5) is 4.03. The molecule has 2 aromatic rings. The van der Waals surface area contributed by atoms with Crippen molar-refractivity contribution >= 4 is 17.3 Å². The second-order valence-electron chi connectivity index (χ2n) is 4.03. The molecular formula is C13H11ClN4. The fourth-order valence-corrected chi connectivity index (χ4v) is 2.19. The molecule has 0 bridgehead atoms. The Morgan fingerprint density at radius 3 is 2.78 bits per heavy atom. The van der Waals surface area contributed by atoms with Crippen molar-refractivity contribution in [1.29, 1.82) is 0 Å². The van der Waals surface area contributed by atoms with Gasteiger partial charge < -0.3 is 0 Å². The van der Waals surface area contributed by atoms with Gasteiger partial charge in [0.1, 0.15) is 6.04 Å². The quantitative estimate of drug-likeness (QED) is 0.825. The van der Waals surface area contributed by atoms with Gasteiger partial charge in [-0.15, -0.1) is 0 Å². The molecule has 0 N–H and O–H groups in total. The molecule has 0 radical (unpaired) electrons. The third-order valence-electron chi connectivity index (χ3n) is 2.87. The Morgan fingerprint density at radius 1 is 1.17 bits per heavy atom. The molecule has 2 heterocycles. The van der Waals surface area contributed by atoms with Crippen molar-refractivity contribution in [3.05, 3.63) is 59.4 Å². The molecule has 18 heavy (non-hydrogen) atoms. The normalized spacial score (nSPS) is 18.3. The topological polar surface area (TPSA) is 40.9 Å². The first kappa shape index (κ1) is 11.2. The summed E-state index contributed by atoms with van der Waals surface area (Å²) in [5, 5.41) is 10.9. The fraction of sp³-hybridized carbons (Fsp3) is 0.154. The summed E-state index contributed by atoms with van der Waals surface area (Å²) in [7, 11) is 0. The Bertz CT molecular complexity index is 570. The van der Waals surface area contributed by atoms with E-state index in [4.69, 9.17) is 11.6 Å². The van der Waals surface area contributed by atoms with Crippen LogP contribution in [0.3, 0.4) is 0 Å². The highest BCUT2D eigenvalue weighted by Gasteiger charge is 2.25. The maximum Gasteiger partial charge on any atom is 0.101 e. The molecule has 1 aromatic carbocycles. The van der Waals surface area contributed by atoms with E-state index in [9.17, 15) is 0 Å². The van der Waals surface area contributed by atoms with Gasteiger partial charge in [-0.3, -0.25) is 4.98 Å². The Morgan fingerprint density at radius 2 is 2.00 bits per heavy atom. The van der Waals surface area contributed by atoms with Crippen LogP contribution in [0.4, 0.5) is 5.69 Å². The lowest BCUT2D eigenvalue weighted by molar-refractivity contribution is 0.731. The molecule has 0 spiro atoms. The van der Waals surface area contributed by atoms with Crippen LogP contribution in [0.25, 0.3) is 0 Å². The van der Waals surface area contributed by atoms with Crippen molar-refractivity contribution in [1.82, 2.24) is 4.98 Å². The molecule has 1 aromatic heterocycles. The number of hydrogen-bond donors (Lipinski definition) is 0. The van der Waals surface area contributed by atoms with Gasteiger partial charge in [0.2, 0.25) is 0 Å². The van der Waals surface area contributed by atoms with Crippen molar-refractivity contribution < 1.29 is 0 Å². The van der Waals surface area contributed by atoms with Gasteiger partial charge in [-0.2, -0.15) is 5.11 Å². The first-order valence-corrected chi connectivity index (χ1v) is 6.04. The Balaban J connectivity index is 1.94. The predicted molar refractivity (Wildman–Crippen MR) is 70.6 cm³/mol. The molecule has 4 nitrogen and oxygen atoms in total. The van der Waals surface area contributed by atoms with E-state index >= 15 is 0 Å². The summed E-state index contributed by atoms with van der Waals surface area (Å²) in [6, 6.07) is 11.7. The number of rotatable bonds is 2. The maximum atomic E-state index is 6.01. The van der Waals surface area contributed by atoms with Crippen LogP contribution in [-0.2, 0) is 0 Å². The lowest BCUT2D eigenvalue weighted by Gasteiger charge is -2.22. The molecule has 90 valence electrons. The van der Waals surface area contributed by atoms with Crippen LogP contribution in [0.2, 0.25) is 5.02 Å². The third-order valence-corrected chi connectivity index (χ3v) is 3.11. The molecule has 0 saturated carbocycles. The standard InChI is InChI=1S/C13H11ClN4/c14-11-2-1-3-12(8-11)18-13(9-16-17-18)10-4-6-15-7-5-10/h1-8,13H,9H2/t13-/m1/s1. The molecule has 5 heteroatoms. The predicted octanol–water partition coefficient (Wildman–Crippen LogP) is 3.66. The number of benzene rings is 1. The largest absolute Gasteiger partial charge is 0.265 e. The monoisotopic (exact) mass is 258 g/mol. The summed E-state index contributed by atoms with van der Waals surface area (Å²) < 4.78 is 0. The van der Waals surface area contributed by atoms with Crippen LogP contribution in [-0.4, -0.2) is 11.5 Å². The highest BCUT2D eigenvalue weighted by atomic mass is 35.5. The molecule has 1 atom stereocenters. The van der Waals surface area contributed by atoms with E-state index in [1.807, 2.05) is 41.4 Å². The molecule has 0 amide bonds. The zero-order chi connectivity index (χ0) is 12.4. The minimum absolute atomic E-state index is 0.117. The van der Waals surface area contributed by atoms with Gasteiger partial charge in [0.25, 0.3) is 0 Å². The highest BCUT2D eigenvalue weighted by Crippen LogP contribution is 2.32. The smallest absolute Gasteiger partial charge is 0.101 e. The second-order valence-corrected chi connectivity index (χ2v) is 4.47. The molecular weight excluding hydrogens is 248 g/mol. The number of pyridine rings is 1. The van der Waals surface area contributed by atoms with E-state index in [0.717, 1.165) is 11.3 Å². The number of aromatic nitrogens is 1. The fourth-order valence-electron chi connectivity index (χ4n) is 2.00. The number of hydrogen-bond acceptors (Lipinski definition) is 4. The molecule has 3 rings (SSSR count). The van der Waals surface area contributed by atoms with E-state index in [2.05, 4.69) is 15.3 Å². The minimum atomic E-state index is 0.117. The summed E-state index contributed by atoms with van der Waals surface area (Å²) in [6.07, 6.45) is 3.56. The molecule has 0 fully saturated rings. The molecule has 0 unspecified atom stereocenters. The van der Waals surface area contributed by atoms with E-state index < -0.39 is 0 Å². The maximum absolute atomic E-state index is 6.01. The van der Waals surface area contributed by atoms with Crippen molar-refractivity contribution in [2.45, 2.75) is 6.04 Å². The Labute approximate surface area is 110 Å². The average Bonchev–Trinajstić information content (AvgIpc) is 2.89. The van der Waals surface area contributed by atoms with Gasteiger partial charge in [-0.05, 0) is 35.9 Å². The molecule has 1 aliphatic heterocycles. The van der Waals surface area contributed by atoms with Gasteiger partial charge in [-0.25, -0.2) is 5.01 Å². The van der Waals surface area contributed by atoms with Gasteiger partial charge in [0.15, 0.2) is 0 Å². The third kappa shape index (κ3) is 2.07. The highest BCUT2D eigenvalue weighted by molar-refractivity contribution is 6.30. The summed E-state index contributed by atoms with van der Waals surface area (Å²) in [5.74, 6) is 0. The molecule has 1 aliphatic rings. The van der Waals surface area contributed by atoms with Gasteiger partial charge in [0.05, 0.1) is 12.2 Å². The van der Waals surface area contributed by atoms with Crippen molar-refractivity contribution in [2.24, 2.45) is 10.3 Å². The zero-order valence-electron chi connectivity index (χ0n) is 9.57. The first-order chi connectivity index (χ1) is 8.84. The zero-order valence-corrected chi connectivity index (χ0v) is 10.3. The number of anilines is 1.